The highest BCUT2D eigenvalue weighted by molar-refractivity contribution is 5.96. The summed E-state index contributed by atoms with van der Waals surface area (Å²) < 4.78 is 0. The Morgan fingerprint density at radius 3 is 2.75 bits per heavy atom. The molecule has 4 heteroatoms. The number of aromatic hydroxyl groups is 1. The second-order valence-corrected chi connectivity index (χ2v) is 4.69. The van der Waals surface area contributed by atoms with Gasteiger partial charge < -0.3 is 10.0 Å². The third-order valence-electron chi connectivity index (χ3n) is 3.17. The standard InChI is InChI=1S/C16H18N2O2/c1-3-12-7-8-15(19)14(10-12)16(20)18(2)11-13-6-4-5-9-17-13/h4-10,19H,3,11H2,1-2H3. The Balaban J connectivity index is 2.18. The number of hydrogen-bond acceptors (Lipinski definition) is 3. The van der Waals surface area contributed by atoms with Gasteiger partial charge >= 0.3 is 0 Å². The Bertz CT molecular complexity index is 597. The van der Waals surface area contributed by atoms with Gasteiger partial charge in [-0.1, -0.05) is 19.1 Å². The van der Waals surface area contributed by atoms with E-state index in [1.807, 2.05) is 31.2 Å². The molecule has 1 N–H and O–H groups in total. The number of amides is 1. The van der Waals surface area contributed by atoms with Gasteiger partial charge in [-0.25, -0.2) is 0 Å². The van der Waals surface area contributed by atoms with Crippen molar-refractivity contribution < 1.29 is 9.90 Å². The van der Waals surface area contributed by atoms with Gasteiger partial charge in [-0.3, -0.25) is 9.78 Å². The first-order valence-electron chi connectivity index (χ1n) is 6.59. The molecule has 2 rings (SSSR count). The van der Waals surface area contributed by atoms with Crippen molar-refractivity contribution in [2.24, 2.45) is 0 Å². The molecule has 1 heterocycles. The molecule has 104 valence electrons. The zero-order chi connectivity index (χ0) is 14.5. The van der Waals surface area contributed by atoms with Crippen LogP contribution in [0.1, 0.15) is 28.5 Å². The fraction of sp³-hybridized carbons (Fsp3) is 0.250. The first kappa shape index (κ1) is 14.1. The van der Waals surface area contributed by atoms with E-state index in [0.717, 1.165) is 17.7 Å². The van der Waals surface area contributed by atoms with Crippen LogP contribution in [0.15, 0.2) is 42.6 Å². The summed E-state index contributed by atoms with van der Waals surface area (Å²) in [6, 6.07) is 10.7. The molecule has 0 aliphatic carbocycles. The van der Waals surface area contributed by atoms with Crippen molar-refractivity contribution in [3.8, 4) is 5.75 Å². The minimum Gasteiger partial charge on any atom is -0.507 e. The molecule has 0 radical (unpaired) electrons. The normalized spacial score (nSPS) is 10.3. The van der Waals surface area contributed by atoms with Gasteiger partial charge in [-0.15, -0.1) is 0 Å². The average Bonchev–Trinajstić information content (AvgIpc) is 2.48. The number of hydrogen-bond donors (Lipinski definition) is 1. The quantitative estimate of drug-likeness (QED) is 0.929. The van der Waals surface area contributed by atoms with Crippen molar-refractivity contribution in [3.63, 3.8) is 0 Å². The highest BCUT2D eigenvalue weighted by Gasteiger charge is 2.16. The predicted octanol–water partition coefficient (Wildman–Crippen LogP) is 2.62. The molecule has 0 saturated heterocycles. The molecule has 0 fully saturated rings. The van der Waals surface area contributed by atoms with E-state index in [9.17, 15) is 9.90 Å². The molecule has 1 amide bonds. The van der Waals surface area contributed by atoms with Crippen molar-refractivity contribution in [2.75, 3.05) is 7.05 Å². The van der Waals surface area contributed by atoms with Crippen molar-refractivity contribution in [1.29, 1.82) is 0 Å². The fourth-order valence-electron chi connectivity index (χ4n) is 1.99. The van der Waals surface area contributed by atoms with Gasteiger partial charge in [0.15, 0.2) is 0 Å². The second kappa shape index (κ2) is 6.19. The molecule has 1 aromatic carbocycles. The molecule has 0 aliphatic heterocycles. The van der Waals surface area contributed by atoms with Crippen LogP contribution in [0.4, 0.5) is 0 Å². The number of carbonyl (C=O) groups excluding carboxylic acids is 1. The first-order valence-corrected chi connectivity index (χ1v) is 6.59. The van der Waals surface area contributed by atoms with E-state index in [-0.39, 0.29) is 11.7 Å². The lowest BCUT2D eigenvalue weighted by Gasteiger charge is -2.17. The Kier molecular flexibility index (Phi) is 4.35. The van der Waals surface area contributed by atoms with Crippen LogP contribution >= 0.6 is 0 Å². The number of phenolic OH excluding ortho intramolecular Hbond substituents is 1. The highest BCUT2D eigenvalue weighted by Crippen LogP contribution is 2.21. The Labute approximate surface area is 118 Å². The monoisotopic (exact) mass is 270 g/mol. The number of aromatic nitrogens is 1. The second-order valence-electron chi connectivity index (χ2n) is 4.69. The number of carbonyl (C=O) groups is 1. The van der Waals surface area contributed by atoms with Crippen LogP contribution in [0.25, 0.3) is 0 Å². The summed E-state index contributed by atoms with van der Waals surface area (Å²) in [7, 11) is 1.70. The Morgan fingerprint density at radius 1 is 1.30 bits per heavy atom. The van der Waals surface area contributed by atoms with Gasteiger partial charge in [0, 0.05) is 13.2 Å². The molecule has 1 aromatic heterocycles. The fourth-order valence-corrected chi connectivity index (χ4v) is 1.99. The summed E-state index contributed by atoms with van der Waals surface area (Å²) in [6.45, 7) is 2.42. The van der Waals surface area contributed by atoms with Crippen molar-refractivity contribution in [3.05, 3.63) is 59.4 Å². The Morgan fingerprint density at radius 2 is 2.10 bits per heavy atom. The molecule has 4 nitrogen and oxygen atoms in total. The zero-order valence-electron chi connectivity index (χ0n) is 11.7. The molecule has 0 bridgehead atoms. The molecular weight excluding hydrogens is 252 g/mol. The van der Waals surface area contributed by atoms with Gasteiger partial charge in [0.05, 0.1) is 17.8 Å². The van der Waals surface area contributed by atoms with Gasteiger partial charge in [-0.2, -0.15) is 0 Å². The van der Waals surface area contributed by atoms with Gasteiger partial charge in [0.1, 0.15) is 5.75 Å². The molecule has 2 aromatic rings. The molecule has 0 spiro atoms. The van der Waals surface area contributed by atoms with Crippen LogP contribution in [0.3, 0.4) is 0 Å². The van der Waals surface area contributed by atoms with Crippen LogP contribution in [-0.2, 0) is 13.0 Å². The number of pyridine rings is 1. The number of aryl methyl sites for hydroxylation is 1. The van der Waals surface area contributed by atoms with Crippen LogP contribution < -0.4 is 0 Å². The Hall–Kier alpha value is -2.36. The maximum Gasteiger partial charge on any atom is 0.257 e. The summed E-state index contributed by atoms with van der Waals surface area (Å²) >= 11 is 0. The molecular formula is C16H18N2O2. The van der Waals surface area contributed by atoms with Crippen molar-refractivity contribution in [2.45, 2.75) is 19.9 Å². The van der Waals surface area contributed by atoms with E-state index in [1.54, 1.807) is 30.3 Å². The summed E-state index contributed by atoms with van der Waals surface area (Å²) in [5.74, 6) is -0.191. The zero-order valence-corrected chi connectivity index (χ0v) is 11.7. The van der Waals surface area contributed by atoms with Crippen molar-refractivity contribution >= 4 is 5.91 Å². The maximum absolute atomic E-state index is 12.4. The maximum atomic E-state index is 12.4. The molecule has 0 atom stereocenters. The van der Waals surface area contributed by atoms with Gasteiger partial charge in [0.2, 0.25) is 0 Å². The summed E-state index contributed by atoms with van der Waals surface area (Å²) in [5, 5.41) is 9.85. The van der Waals surface area contributed by atoms with Crippen LogP contribution in [0.2, 0.25) is 0 Å². The van der Waals surface area contributed by atoms with Crippen molar-refractivity contribution in [1.82, 2.24) is 9.88 Å². The molecule has 0 saturated carbocycles. The van der Waals surface area contributed by atoms with Crippen LogP contribution in [-0.4, -0.2) is 27.9 Å². The number of benzene rings is 1. The molecule has 0 aliphatic rings. The predicted molar refractivity (Wildman–Crippen MR) is 77.5 cm³/mol. The highest BCUT2D eigenvalue weighted by atomic mass is 16.3. The van der Waals surface area contributed by atoms with Crippen LogP contribution in [0, 0.1) is 0 Å². The van der Waals surface area contributed by atoms with E-state index in [1.165, 1.54) is 0 Å². The minimum absolute atomic E-state index is 0.0140. The van der Waals surface area contributed by atoms with E-state index in [2.05, 4.69) is 4.98 Å². The van der Waals surface area contributed by atoms with E-state index in [4.69, 9.17) is 0 Å². The lowest BCUT2D eigenvalue weighted by atomic mass is 10.1. The van der Waals surface area contributed by atoms with E-state index < -0.39 is 0 Å². The lowest BCUT2D eigenvalue weighted by Crippen LogP contribution is -2.26. The summed E-state index contributed by atoms with van der Waals surface area (Å²) in [5.41, 5.74) is 2.18. The third-order valence-corrected chi connectivity index (χ3v) is 3.17. The van der Waals surface area contributed by atoms with E-state index >= 15 is 0 Å². The number of rotatable bonds is 4. The smallest absolute Gasteiger partial charge is 0.257 e. The topological polar surface area (TPSA) is 53.4 Å². The van der Waals surface area contributed by atoms with Gasteiger partial charge in [0.25, 0.3) is 5.91 Å². The molecule has 20 heavy (non-hydrogen) atoms. The largest absolute Gasteiger partial charge is 0.507 e. The molecule has 0 unspecified atom stereocenters. The summed E-state index contributed by atoms with van der Waals surface area (Å²) in [4.78, 5) is 18.1. The number of phenols is 1. The minimum atomic E-state index is -0.205. The van der Waals surface area contributed by atoms with Crippen LogP contribution in [0.5, 0.6) is 5.75 Å². The number of nitrogens with zero attached hydrogens (tertiary/aromatic N) is 2. The third kappa shape index (κ3) is 3.15. The SMILES string of the molecule is CCc1ccc(O)c(C(=O)N(C)Cc2ccccn2)c1. The lowest BCUT2D eigenvalue weighted by molar-refractivity contribution is 0.0780. The van der Waals surface area contributed by atoms with E-state index in [0.29, 0.717) is 12.1 Å². The summed E-state index contributed by atoms with van der Waals surface area (Å²) in [6.07, 6.45) is 2.52. The first-order chi connectivity index (χ1) is 9.61. The van der Waals surface area contributed by atoms with Gasteiger partial charge in [-0.05, 0) is 36.2 Å². The average molecular weight is 270 g/mol.